The Bertz CT molecular complexity index is 1170. The van der Waals surface area contributed by atoms with E-state index in [0.29, 0.717) is 18.8 Å². The van der Waals surface area contributed by atoms with Crippen LogP contribution in [-0.4, -0.2) is 50.2 Å². The minimum atomic E-state index is -0.815. The highest BCUT2D eigenvalue weighted by Gasteiger charge is 2.36. The lowest BCUT2D eigenvalue weighted by Crippen LogP contribution is -2.56. The Morgan fingerprint density at radius 2 is 1.75 bits per heavy atom. The Kier molecular flexibility index (Phi) is 6.11. The standard InChI is InChI=1S/C24H23FN4O3/c1-17-4-2-5-18(10-17)14-27-8-9-29(24(32)23(27)31)22(30)12-21-13-26-16-28(21)15-19-6-3-7-20(25)11-19/h2-7,10-11,13,16H,8-9,12,14-15H2,1H3. The summed E-state index contributed by atoms with van der Waals surface area (Å²) < 4.78 is 15.2. The molecule has 0 N–H and O–H groups in total. The third-order valence-electron chi connectivity index (χ3n) is 5.44. The van der Waals surface area contributed by atoms with Gasteiger partial charge in [-0.3, -0.25) is 19.3 Å². The lowest BCUT2D eigenvalue weighted by molar-refractivity contribution is -0.161. The number of imidazole rings is 1. The second-order valence-electron chi connectivity index (χ2n) is 7.89. The van der Waals surface area contributed by atoms with E-state index in [1.165, 1.54) is 23.2 Å². The molecular formula is C24H23FN4O3. The van der Waals surface area contributed by atoms with Crippen LogP contribution in [0.1, 0.15) is 22.4 Å². The van der Waals surface area contributed by atoms with Gasteiger partial charge in [-0.1, -0.05) is 42.0 Å². The number of hydrogen-bond acceptors (Lipinski definition) is 4. The van der Waals surface area contributed by atoms with Crippen molar-refractivity contribution in [2.45, 2.75) is 26.4 Å². The van der Waals surface area contributed by atoms with Crippen LogP contribution in [0.5, 0.6) is 0 Å². The number of piperazine rings is 1. The first-order valence-electron chi connectivity index (χ1n) is 10.3. The van der Waals surface area contributed by atoms with Gasteiger partial charge in [-0.15, -0.1) is 0 Å². The number of carbonyl (C=O) groups is 3. The minimum absolute atomic E-state index is 0.0772. The predicted octanol–water partition coefficient (Wildman–Crippen LogP) is 2.32. The van der Waals surface area contributed by atoms with E-state index in [-0.39, 0.29) is 25.3 Å². The number of benzene rings is 2. The molecule has 0 aliphatic carbocycles. The third-order valence-corrected chi connectivity index (χ3v) is 5.44. The lowest BCUT2D eigenvalue weighted by atomic mass is 10.1. The largest absolute Gasteiger partial charge is 0.330 e. The number of aryl methyl sites for hydroxylation is 1. The maximum Gasteiger partial charge on any atom is 0.318 e. The molecule has 1 saturated heterocycles. The predicted molar refractivity (Wildman–Crippen MR) is 115 cm³/mol. The second-order valence-corrected chi connectivity index (χ2v) is 7.89. The molecule has 3 amide bonds. The first-order valence-corrected chi connectivity index (χ1v) is 10.3. The van der Waals surface area contributed by atoms with Crippen LogP contribution in [0.15, 0.2) is 61.1 Å². The summed E-state index contributed by atoms with van der Waals surface area (Å²) >= 11 is 0. The van der Waals surface area contributed by atoms with Crippen LogP contribution in [0, 0.1) is 12.7 Å². The highest BCUT2D eigenvalue weighted by atomic mass is 19.1. The Labute approximate surface area is 185 Å². The zero-order valence-electron chi connectivity index (χ0n) is 17.7. The van der Waals surface area contributed by atoms with Gasteiger partial charge in [0.05, 0.1) is 12.7 Å². The van der Waals surface area contributed by atoms with Crippen molar-refractivity contribution in [3.63, 3.8) is 0 Å². The molecule has 0 spiro atoms. The van der Waals surface area contributed by atoms with Crippen LogP contribution < -0.4 is 0 Å². The number of nitrogens with zero attached hydrogens (tertiary/aromatic N) is 4. The van der Waals surface area contributed by atoms with E-state index < -0.39 is 17.7 Å². The van der Waals surface area contributed by atoms with Crippen molar-refractivity contribution in [2.75, 3.05) is 13.1 Å². The molecule has 32 heavy (non-hydrogen) atoms. The molecule has 2 aromatic carbocycles. The summed E-state index contributed by atoms with van der Waals surface area (Å²) in [4.78, 5) is 44.6. The van der Waals surface area contributed by atoms with Gasteiger partial charge in [0.1, 0.15) is 5.82 Å². The summed E-state index contributed by atoms with van der Waals surface area (Å²) in [5.74, 6) is -2.29. The molecule has 1 aliphatic rings. The molecule has 7 nitrogen and oxygen atoms in total. The summed E-state index contributed by atoms with van der Waals surface area (Å²) in [5, 5.41) is 0. The molecule has 8 heteroatoms. The first kappa shape index (κ1) is 21.4. The first-order chi connectivity index (χ1) is 15.4. The van der Waals surface area contributed by atoms with Crippen molar-refractivity contribution in [3.8, 4) is 0 Å². The van der Waals surface area contributed by atoms with E-state index in [1.54, 1.807) is 23.0 Å². The summed E-state index contributed by atoms with van der Waals surface area (Å²) in [7, 11) is 0. The summed E-state index contributed by atoms with van der Waals surface area (Å²) in [5.41, 5.74) is 3.33. The summed E-state index contributed by atoms with van der Waals surface area (Å²) in [6.45, 7) is 3.07. The Balaban J connectivity index is 1.40. The zero-order chi connectivity index (χ0) is 22.7. The molecule has 0 radical (unpaired) electrons. The van der Waals surface area contributed by atoms with Crippen LogP contribution in [-0.2, 0) is 33.9 Å². The smallest absolute Gasteiger partial charge is 0.318 e. The zero-order valence-corrected chi connectivity index (χ0v) is 17.7. The van der Waals surface area contributed by atoms with Gasteiger partial charge in [-0.05, 0) is 30.2 Å². The van der Waals surface area contributed by atoms with Crippen molar-refractivity contribution >= 4 is 17.7 Å². The fraction of sp³-hybridized carbons (Fsp3) is 0.250. The van der Waals surface area contributed by atoms with Crippen molar-refractivity contribution in [1.82, 2.24) is 19.4 Å². The van der Waals surface area contributed by atoms with Gasteiger partial charge in [0.25, 0.3) is 0 Å². The maximum absolute atomic E-state index is 13.5. The van der Waals surface area contributed by atoms with E-state index in [2.05, 4.69) is 4.98 Å². The number of halogens is 1. The molecule has 0 saturated carbocycles. The maximum atomic E-state index is 13.5. The van der Waals surface area contributed by atoms with Crippen LogP contribution in [0.2, 0.25) is 0 Å². The van der Waals surface area contributed by atoms with E-state index in [9.17, 15) is 18.8 Å². The molecule has 0 unspecified atom stereocenters. The molecule has 0 atom stereocenters. The highest BCUT2D eigenvalue weighted by molar-refractivity contribution is 6.38. The highest BCUT2D eigenvalue weighted by Crippen LogP contribution is 2.15. The quantitative estimate of drug-likeness (QED) is 0.558. The Morgan fingerprint density at radius 3 is 2.50 bits per heavy atom. The molecule has 4 rings (SSSR count). The normalized spacial score (nSPS) is 14.2. The van der Waals surface area contributed by atoms with Gasteiger partial charge in [0.2, 0.25) is 5.91 Å². The fourth-order valence-electron chi connectivity index (χ4n) is 3.81. The van der Waals surface area contributed by atoms with Gasteiger partial charge < -0.3 is 9.47 Å². The molecule has 1 fully saturated rings. The number of hydrogen-bond donors (Lipinski definition) is 0. The number of amides is 3. The molecule has 0 bridgehead atoms. The average molecular weight is 434 g/mol. The van der Waals surface area contributed by atoms with E-state index >= 15 is 0 Å². The van der Waals surface area contributed by atoms with E-state index in [0.717, 1.165) is 21.6 Å². The Hall–Kier alpha value is -3.81. The van der Waals surface area contributed by atoms with Gasteiger partial charge >= 0.3 is 11.8 Å². The van der Waals surface area contributed by atoms with Crippen molar-refractivity contribution < 1.29 is 18.8 Å². The number of aromatic nitrogens is 2. The van der Waals surface area contributed by atoms with Crippen molar-refractivity contribution in [1.29, 1.82) is 0 Å². The van der Waals surface area contributed by atoms with Gasteiger partial charge in [-0.2, -0.15) is 0 Å². The second kappa shape index (κ2) is 9.13. The number of carbonyl (C=O) groups excluding carboxylic acids is 3. The number of rotatable bonds is 6. The average Bonchev–Trinajstić information content (AvgIpc) is 3.18. The van der Waals surface area contributed by atoms with Crippen LogP contribution >= 0.6 is 0 Å². The van der Waals surface area contributed by atoms with Crippen molar-refractivity contribution in [3.05, 3.63) is 89.3 Å². The molecule has 1 aliphatic heterocycles. The molecule has 164 valence electrons. The van der Waals surface area contributed by atoms with Crippen LogP contribution in [0.4, 0.5) is 4.39 Å². The summed E-state index contributed by atoms with van der Waals surface area (Å²) in [6.07, 6.45) is 3.02. The summed E-state index contributed by atoms with van der Waals surface area (Å²) in [6, 6.07) is 13.9. The molecule has 2 heterocycles. The molecule has 3 aromatic rings. The van der Waals surface area contributed by atoms with Crippen LogP contribution in [0.3, 0.4) is 0 Å². The monoisotopic (exact) mass is 434 g/mol. The van der Waals surface area contributed by atoms with Gasteiger partial charge in [-0.25, -0.2) is 9.37 Å². The van der Waals surface area contributed by atoms with Gasteiger partial charge in [0, 0.05) is 38.1 Å². The minimum Gasteiger partial charge on any atom is -0.330 e. The SMILES string of the molecule is Cc1cccc(CN2CCN(C(=O)Cc3cncn3Cc3cccc(F)c3)C(=O)C2=O)c1. The molecular weight excluding hydrogens is 411 g/mol. The third kappa shape index (κ3) is 4.74. The van der Waals surface area contributed by atoms with Crippen molar-refractivity contribution in [2.24, 2.45) is 0 Å². The molecule has 1 aromatic heterocycles. The van der Waals surface area contributed by atoms with E-state index in [1.807, 2.05) is 31.2 Å². The number of imide groups is 1. The lowest BCUT2D eigenvalue weighted by Gasteiger charge is -2.32. The van der Waals surface area contributed by atoms with E-state index in [4.69, 9.17) is 0 Å². The fourth-order valence-corrected chi connectivity index (χ4v) is 3.81. The topological polar surface area (TPSA) is 75.5 Å². The van der Waals surface area contributed by atoms with Crippen LogP contribution in [0.25, 0.3) is 0 Å². The Morgan fingerprint density at radius 1 is 1.00 bits per heavy atom. The van der Waals surface area contributed by atoms with Gasteiger partial charge in [0.15, 0.2) is 0 Å².